The predicted octanol–water partition coefficient (Wildman–Crippen LogP) is 0.903. The summed E-state index contributed by atoms with van der Waals surface area (Å²) in [6.07, 6.45) is 0. The lowest BCUT2D eigenvalue weighted by atomic mass is 10.1. The number of morpholine rings is 1. The van der Waals surface area contributed by atoms with Gasteiger partial charge in [0.1, 0.15) is 6.61 Å². The van der Waals surface area contributed by atoms with Crippen molar-refractivity contribution in [3.8, 4) is 5.75 Å². The van der Waals surface area contributed by atoms with Crippen molar-refractivity contribution in [2.45, 2.75) is 19.0 Å². The maximum atomic E-state index is 11.8. The summed E-state index contributed by atoms with van der Waals surface area (Å²) >= 11 is 5.92. The van der Waals surface area contributed by atoms with Gasteiger partial charge in [-0.2, -0.15) is 4.98 Å². The Bertz CT molecular complexity index is 554. The highest BCUT2D eigenvalue weighted by Gasteiger charge is 2.38. The Balaban J connectivity index is 2.11. The molecule has 0 saturated carbocycles. The zero-order chi connectivity index (χ0) is 14.3. The van der Waals surface area contributed by atoms with E-state index in [1.807, 2.05) is 6.92 Å². The lowest BCUT2D eigenvalue weighted by Gasteiger charge is -2.44. The third kappa shape index (κ3) is 2.06. The van der Waals surface area contributed by atoms with Gasteiger partial charge in [0.2, 0.25) is 5.28 Å². The highest BCUT2D eigenvalue weighted by Crippen LogP contribution is 2.38. The fourth-order valence-electron chi connectivity index (χ4n) is 2.54. The molecule has 1 saturated heterocycles. The van der Waals surface area contributed by atoms with Gasteiger partial charge in [-0.15, -0.1) is 0 Å². The number of methoxy groups -OCH3 is 1. The first-order chi connectivity index (χ1) is 9.61. The number of halogens is 1. The molecule has 8 heteroatoms. The SMILES string of the molecule is COC(=O)c1nc(Cl)nc2c1OC[C@H]1COC[C@H](C)N21. The molecule has 20 heavy (non-hydrogen) atoms. The number of carbonyl (C=O) groups is 1. The first kappa shape index (κ1) is 13.4. The fourth-order valence-corrected chi connectivity index (χ4v) is 2.70. The maximum Gasteiger partial charge on any atom is 0.360 e. The van der Waals surface area contributed by atoms with Gasteiger partial charge in [-0.1, -0.05) is 0 Å². The van der Waals surface area contributed by atoms with Crippen molar-refractivity contribution in [1.29, 1.82) is 0 Å². The Morgan fingerprint density at radius 2 is 2.20 bits per heavy atom. The zero-order valence-corrected chi connectivity index (χ0v) is 11.9. The molecule has 0 bridgehead atoms. The Labute approximate surface area is 120 Å². The van der Waals surface area contributed by atoms with E-state index in [0.717, 1.165) is 0 Å². The number of hydrogen-bond donors (Lipinski definition) is 0. The minimum absolute atomic E-state index is 0.00732. The summed E-state index contributed by atoms with van der Waals surface area (Å²) in [6.45, 7) is 3.57. The topological polar surface area (TPSA) is 73.8 Å². The van der Waals surface area contributed by atoms with Crippen molar-refractivity contribution in [3.63, 3.8) is 0 Å². The Morgan fingerprint density at radius 3 is 2.95 bits per heavy atom. The Kier molecular flexibility index (Phi) is 3.39. The highest BCUT2D eigenvalue weighted by molar-refractivity contribution is 6.28. The van der Waals surface area contributed by atoms with Gasteiger partial charge >= 0.3 is 5.97 Å². The van der Waals surface area contributed by atoms with Gasteiger partial charge < -0.3 is 19.1 Å². The van der Waals surface area contributed by atoms with Gasteiger partial charge in [0.25, 0.3) is 0 Å². The van der Waals surface area contributed by atoms with E-state index in [1.165, 1.54) is 7.11 Å². The molecule has 2 aliphatic heterocycles. The van der Waals surface area contributed by atoms with Crippen molar-refractivity contribution in [3.05, 3.63) is 11.0 Å². The molecule has 2 atom stereocenters. The molecule has 1 aromatic rings. The van der Waals surface area contributed by atoms with Crippen molar-refractivity contribution in [2.75, 3.05) is 31.8 Å². The number of esters is 1. The Hall–Kier alpha value is -1.60. The standard InChI is InChI=1S/C12H14ClN3O4/c1-6-3-19-4-7-5-20-9-8(11(17)18-2)14-12(13)15-10(9)16(6)7/h6-7H,3-5H2,1-2H3/t6-,7+/m0/s1. The quantitative estimate of drug-likeness (QED) is 0.563. The van der Waals surface area contributed by atoms with Crippen molar-refractivity contribution in [1.82, 2.24) is 9.97 Å². The monoisotopic (exact) mass is 299 g/mol. The van der Waals surface area contributed by atoms with Crippen LogP contribution in [0.4, 0.5) is 5.82 Å². The Morgan fingerprint density at radius 1 is 1.40 bits per heavy atom. The summed E-state index contributed by atoms with van der Waals surface area (Å²) in [5, 5.41) is -0.00732. The van der Waals surface area contributed by atoms with Crippen LogP contribution < -0.4 is 9.64 Å². The second-order valence-corrected chi connectivity index (χ2v) is 5.08. The number of nitrogens with zero attached hydrogens (tertiary/aromatic N) is 3. The summed E-state index contributed by atoms with van der Waals surface area (Å²) in [5.41, 5.74) is 0.0552. The van der Waals surface area contributed by atoms with E-state index in [-0.39, 0.29) is 23.1 Å². The largest absolute Gasteiger partial charge is 0.485 e. The number of anilines is 1. The van der Waals surface area contributed by atoms with E-state index in [4.69, 9.17) is 25.8 Å². The molecule has 0 amide bonds. The van der Waals surface area contributed by atoms with Crippen LogP contribution in [0.2, 0.25) is 5.28 Å². The second-order valence-electron chi connectivity index (χ2n) is 4.74. The normalized spacial score (nSPS) is 24.4. The first-order valence-corrected chi connectivity index (χ1v) is 6.64. The summed E-state index contributed by atoms with van der Waals surface area (Å²) in [4.78, 5) is 22.0. The average molecular weight is 300 g/mol. The van der Waals surface area contributed by atoms with Crippen LogP contribution in [-0.4, -0.2) is 55.0 Å². The van der Waals surface area contributed by atoms with Gasteiger partial charge in [0, 0.05) is 0 Å². The minimum Gasteiger partial charge on any atom is -0.485 e. The number of carbonyl (C=O) groups excluding carboxylic acids is 1. The van der Waals surface area contributed by atoms with Crippen LogP contribution in [0.15, 0.2) is 0 Å². The van der Waals surface area contributed by atoms with Crippen LogP contribution in [0, 0.1) is 0 Å². The molecule has 1 fully saturated rings. The molecule has 0 radical (unpaired) electrons. The van der Waals surface area contributed by atoms with Crippen LogP contribution in [-0.2, 0) is 9.47 Å². The van der Waals surface area contributed by atoms with Gasteiger partial charge in [-0.3, -0.25) is 0 Å². The molecule has 2 aliphatic rings. The van der Waals surface area contributed by atoms with Crippen LogP contribution in [0.1, 0.15) is 17.4 Å². The molecule has 0 aromatic carbocycles. The lowest BCUT2D eigenvalue weighted by Crippen LogP contribution is -2.56. The predicted molar refractivity (Wildman–Crippen MR) is 70.4 cm³/mol. The van der Waals surface area contributed by atoms with Gasteiger partial charge in [-0.05, 0) is 18.5 Å². The van der Waals surface area contributed by atoms with Crippen LogP contribution in [0.25, 0.3) is 0 Å². The van der Waals surface area contributed by atoms with Gasteiger partial charge in [0.05, 0.1) is 32.4 Å². The number of fused-ring (bicyclic) bond motifs is 3. The number of ether oxygens (including phenoxy) is 3. The fraction of sp³-hybridized carbons (Fsp3) is 0.583. The molecular weight excluding hydrogens is 286 g/mol. The summed E-state index contributed by atoms with van der Waals surface area (Å²) in [7, 11) is 1.29. The molecule has 7 nitrogen and oxygen atoms in total. The van der Waals surface area contributed by atoms with E-state index in [2.05, 4.69) is 14.9 Å². The van der Waals surface area contributed by atoms with Crippen molar-refractivity contribution >= 4 is 23.4 Å². The molecule has 0 spiro atoms. The van der Waals surface area contributed by atoms with Crippen LogP contribution in [0.3, 0.4) is 0 Å². The van der Waals surface area contributed by atoms with Crippen LogP contribution in [0.5, 0.6) is 5.75 Å². The maximum absolute atomic E-state index is 11.8. The number of aromatic nitrogens is 2. The van der Waals surface area contributed by atoms with Gasteiger partial charge in [0.15, 0.2) is 17.3 Å². The number of hydrogen-bond acceptors (Lipinski definition) is 7. The van der Waals surface area contributed by atoms with Crippen LogP contribution >= 0.6 is 11.6 Å². The smallest absolute Gasteiger partial charge is 0.360 e. The van der Waals surface area contributed by atoms with E-state index >= 15 is 0 Å². The van der Waals surface area contributed by atoms with E-state index in [9.17, 15) is 4.79 Å². The molecular formula is C12H14ClN3O4. The highest BCUT2D eigenvalue weighted by atomic mass is 35.5. The summed E-state index contributed by atoms with van der Waals surface area (Å²) in [5.74, 6) is 0.258. The van der Waals surface area contributed by atoms with E-state index in [1.54, 1.807) is 0 Å². The minimum atomic E-state index is -0.593. The first-order valence-electron chi connectivity index (χ1n) is 6.26. The molecule has 1 aromatic heterocycles. The lowest BCUT2D eigenvalue weighted by molar-refractivity contribution is 0.0466. The molecule has 108 valence electrons. The molecule has 0 N–H and O–H groups in total. The summed E-state index contributed by atoms with van der Waals surface area (Å²) in [6, 6.07) is 0.176. The molecule has 3 heterocycles. The summed E-state index contributed by atoms with van der Waals surface area (Å²) < 4.78 is 15.9. The van der Waals surface area contributed by atoms with Gasteiger partial charge in [-0.25, -0.2) is 9.78 Å². The third-order valence-corrected chi connectivity index (χ3v) is 3.57. The molecule has 0 aliphatic carbocycles. The van der Waals surface area contributed by atoms with E-state index in [0.29, 0.717) is 31.4 Å². The van der Waals surface area contributed by atoms with Crippen molar-refractivity contribution < 1.29 is 19.0 Å². The molecule has 3 rings (SSSR count). The van der Waals surface area contributed by atoms with Crippen molar-refractivity contribution in [2.24, 2.45) is 0 Å². The second kappa shape index (κ2) is 5.06. The zero-order valence-electron chi connectivity index (χ0n) is 11.1. The van der Waals surface area contributed by atoms with E-state index < -0.39 is 5.97 Å². The molecule has 0 unspecified atom stereocenters. The average Bonchev–Trinajstić information content (AvgIpc) is 2.45. The third-order valence-electron chi connectivity index (χ3n) is 3.40. The number of rotatable bonds is 1.